The Hall–Kier alpha value is -1.66. The summed E-state index contributed by atoms with van der Waals surface area (Å²) in [5, 5.41) is 5.21. The Bertz CT molecular complexity index is 764. The van der Waals surface area contributed by atoms with Gasteiger partial charge in [0.15, 0.2) is 0 Å². The molecule has 6 heteroatoms. The minimum Gasteiger partial charge on any atom is -0.267 e. The zero-order valence-electron chi connectivity index (χ0n) is 10.2. The quantitative estimate of drug-likeness (QED) is 0.696. The van der Waals surface area contributed by atoms with Crippen LogP contribution in [0, 0.1) is 6.92 Å². The normalized spacial score (nSPS) is 11.0. The summed E-state index contributed by atoms with van der Waals surface area (Å²) in [5.74, 6) is 0.747. The van der Waals surface area contributed by atoms with Crippen LogP contribution in [0.5, 0.6) is 0 Å². The van der Waals surface area contributed by atoms with Crippen LogP contribution in [0.2, 0.25) is 0 Å². The summed E-state index contributed by atoms with van der Waals surface area (Å²) in [7, 11) is 0. The summed E-state index contributed by atoms with van der Waals surface area (Å²) in [6, 6.07) is 11.6. The van der Waals surface area contributed by atoms with Gasteiger partial charge in [-0.2, -0.15) is 9.61 Å². The lowest BCUT2D eigenvalue weighted by Crippen LogP contribution is -2.14. The molecule has 0 aliphatic rings. The maximum atomic E-state index is 11.7. The Morgan fingerprint density at radius 1 is 1.32 bits per heavy atom. The largest absolute Gasteiger partial charge is 0.275 e. The molecule has 2 heterocycles. The highest BCUT2D eigenvalue weighted by atomic mass is 32.2. The van der Waals surface area contributed by atoms with E-state index in [4.69, 9.17) is 0 Å². The van der Waals surface area contributed by atoms with Crippen molar-refractivity contribution in [3.8, 4) is 0 Å². The molecule has 96 valence electrons. The van der Waals surface area contributed by atoms with Gasteiger partial charge in [0, 0.05) is 16.7 Å². The Labute approximate surface area is 118 Å². The van der Waals surface area contributed by atoms with Gasteiger partial charge < -0.3 is 0 Å². The Balaban J connectivity index is 1.86. The van der Waals surface area contributed by atoms with E-state index in [1.807, 2.05) is 25.1 Å². The third kappa shape index (κ3) is 2.69. The second-order valence-corrected chi connectivity index (χ2v) is 6.12. The van der Waals surface area contributed by atoms with E-state index in [0.29, 0.717) is 4.96 Å². The maximum Gasteiger partial charge on any atom is 0.275 e. The fraction of sp³-hybridized carbons (Fsp3) is 0.154. The Morgan fingerprint density at radius 3 is 2.89 bits per heavy atom. The van der Waals surface area contributed by atoms with Crippen LogP contribution in [-0.2, 0) is 5.75 Å². The average molecular weight is 289 g/mol. The van der Waals surface area contributed by atoms with E-state index in [0.717, 1.165) is 16.5 Å². The first-order valence-electron chi connectivity index (χ1n) is 5.76. The molecule has 19 heavy (non-hydrogen) atoms. The number of hydrogen-bond acceptors (Lipinski definition) is 5. The van der Waals surface area contributed by atoms with Crippen molar-refractivity contribution in [1.82, 2.24) is 14.6 Å². The molecule has 0 unspecified atom stereocenters. The van der Waals surface area contributed by atoms with Crippen molar-refractivity contribution in [1.29, 1.82) is 0 Å². The molecule has 0 bridgehead atoms. The van der Waals surface area contributed by atoms with Gasteiger partial charge in [-0.1, -0.05) is 29.5 Å². The molecule has 0 N–H and O–H groups in total. The molecule has 0 saturated heterocycles. The Morgan fingerprint density at radius 2 is 2.11 bits per heavy atom. The van der Waals surface area contributed by atoms with E-state index in [1.165, 1.54) is 26.8 Å². The standard InChI is InChI=1S/C13H11N3OS2/c1-9-7-12(17)16-13(14-9)19-11(15-16)8-18-10-5-3-2-4-6-10/h2-7H,8H2,1H3. The molecular formula is C13H11N3OS2. The molecule has 0 spiro atoms. The molecule has 0 fully saturated rings. The number of thioether (sulfide) groups is 1. The van der Waals surface area contributed by atoms with Crippen molar-refractivity contribution in [3.05, 3.63) is 57.5 Å². The zero-order valence-corrected chi connectivity index (χ0v) is 11.9. The van der Waals surface area contributed by atoms with Crippen molar-refractivity contribution in [2.45, 2.75) is 17.6 Å². The van der Waals surface area contributed by atoms with Crippen LogP contribution >= 0.6 is 23.1 Å². The van der Waals surface area contributed by atoms with Gasteiger partial charge in [-0.05, 0) is 19.1 Å². The highest BCUT2D eigenvalue weighted by molar-refractivity contribution is 7.98. The predicted molar refractivity (Wildman–Crippen MR) is 77.9 cm³/mol. The topological polar surface area (TPSA) is 47.3 Å². The number of nitrogens with zero attached hydrogens (tertiary/aromatic N) is 3. The number of aromatic nitrogens is 3. The van der Waals surface area contributed by atoms with E-state index in [9.17, 15) is 4.79 Å². The molecule has 0 radical (unpaired) electrons. The Kier molecular flexibility index (Phi) is 3.35. The fourth-order valence-corrected chi connectivity index (χ4v) is 3.53. The molecule has 3 rings (SSSR count). The summed E-state index contributed by atoms with van der Waals surface area (Å²) in [5.41, 5.74) is 0.616. The van der Waals surface area contributed by atoms with Gasteiger partial charge in [0.25, 0.3) is 5.56 Å². The van der Waals surface area contributed by atoms with Gasteiger partial charge in [0.05, 0.1) is 5.75 Å². The van der Waals surface area contributed by atoms with Crippen molar-refractivity contribution >= 4 is 28.1 Å². The summed E-state index contributed by atoms with van der Waals surface area (Å²) in [4.78, 5) is 17.9. The second kappa shape index (κ2) is 5.14. The lowest BCUT2D eigenvalue weighted by molar-refractivity contribution is 0.870. The zero-order chi connectivity index (χ0) is 13.2. The fourth-order valence-electron chi connectivity index (χ4n) is 1.68. The lowest BCUT2D eigenvalue weighted by Gasteiger charge is -1.96. The van der Waals surface area contributed by atoms with Crippen LogP contribution in [0.15, 0.2) is 46.1 Å². The van der Waals surface area contributed by atoms with Crippen LogP contribution in [0.25, 0.3) is 4.96 Å². The van der Waals surface area contributed by atoms with Crippen LogP contribution in [0.3, 0.4) is 0 Å². The predicted octanol–water partition coefficient (Wildman–Crippen LogP) is 2.75. The number of rotatable bonds is 3. The van der Waals surface area contributed by atoms with Crippen LogP contribution in [0.4, 0.5) is 0 Å². The molecule has 4 nitrogen and oxygen atoms in total. The van der Waals surface area contributed by atoms with E-state index in [-0.39, 0.29) is 5.56 Å². The molecule has 0 aliphatic carbocycles. The molecule has 2 aromatic heterocycles. The van der Waals surface area contributed by atoms with E-state index >= 15 is 0 Å². The molecule has 0 saturated carbocycles. The first-order chi connectivity index (χ1) is 9.22. The van der Waals surface area contributed by atoms with Crippen molar-refractivity contribution in [3.63, 3.8) is 0 Å². The summed E-state index contributed by atoms with van der Waals surface area (Å²) >= 11 is 3.17. The second-order valence-electron chi connectivity index (χ2n) is 4.03. The van der Waals surface area contributed by atoms with Crippen molar-refractivity contribution < 1.29 is 0 Å². The van der Waals surface area contributed by atoms with Gasteiger partial charge in [-0.25, -0.2) is 4.98 Å². The molecular weight excluding hydrogens is 278 g/mol. The van der Waals surface area contributed by atoms with Gasteiger partial charge in [0.1, 0.15) is 5.01 Å². The smallest absolute Gasteiger partial charge is 0.267 e. The van der Waals surface area contributed by atoms with Gasteiger partial charge in [-0.15, -0.1) is 11.8 Å². The third-order valence-electron chi connectivity index (χ3n) is 2.52. The molecule has 0 amide bonds. The first-order valence-corrected chi connectivity index (χ1v) is 7.57. The number of hydrogen-bond donors (Lipinski definition) is 0. The van der Waals surface area contributed by atoms with E-state index < -0.39 is 0 Å². The summed E-state index contributed by atoms with van der Waals surface area (Å²) in [6.45, 7) is 1.82. The monoisotopic (exact) mass is 289 g/mol. The SMILES string of the molecule is Cc1cc(=O)n2nc(CSc3ccccc3)sc2n1. The van der Waals surface area contributed by atoms with Crippen molar-refractivity contribution in [2.75, 3.05) is 0 Å². The minimum absolute atomic E-state index is 0.116. The van der Waals surface area contributed by atoms with Gasteiger partial charge in [0.2, 0.25) is 4.96 Å². The molecule has 0 atom stereocenters. The van der Waals surface area contributed by atoms with E-state index in [1.54, 1.807) is 11.8 Å². The van der Waals surface area contributed by atoms with Gasteiger partial charge >= 0.3 is 0 Å². The van der Waals surface area contributed by atoms with Crippen LogP contribution < -0.4 is 5.56 Å². The summed E-state index contributed by atoms with van der Waals surface area (Å²) in [6.07, 6.45) is 0. The average Bonchev–Trinajstić information content (AvgIpc) is 2.81. The highest BCUT2D eigenvalue weighted by Crippen LogP contribution is 2.24. The minimum atomic E-state index is -0.116. The number of aryl methyl sites for hydroxylation is 1. The maximum absolute atomic E-state index is 11.7. The lowest BCUT2D eigenvalue weighted by atomic mass is 10.4. The van der Waals surface area contributed by atoms with E-state index in [2.05, 4.69) is 22.2 Å². The number of fused-ring (bicyclic) bond motifs is 1. The van der Waals surface area contributed by atoms with Crippen LogP contribution in [0.1, 0.15) is 10.7 Å². The molecule has 1 aromatic carbocycles. The molecule has 3 aromatic rings. The molecule has 0 aliphatic heterocycles. The number of benzene rings is 1. The third-order valence-corrected chi connectivity index (χ3v) is 4.63. The van der Waals surface area contributed by atoms with Crippen molar-refractivity contribution in [2.24, 2.45) is 0 Å². The van der Waals surface area contributed by atoms with Crippen LogP contribution in [-0.4, -0.2) is 14.6 Å². The summed E-state index contributed by atoms with van der Waals surface area (Å²) < 4.78 is 1.37. The van der Waals surface area contributed by atoms with Gasteiger partial charge in [-0.3, -0.25) is 4.79 Å². The first kappa shape index (κ1) is 12.4. The highest BCUT2D eigenvalue weighted by Gasteiger charge is 2.07.